The van der Waals surface area contributed by atoms with E-state index in [1.807, 2.05) is 30.3 Å². The Hall–Kier alpha value is -1.36. The van der Waals surface area contributed by atoms with Crippen molar-refractivity contribution in [2.75, 3.05) is 6.61 Å². The van der Waals surface area contributed by atoms with Crippen LogP contribution < -0.4 is 16.0 Å². The lowest BCUT2D eigenvalue weighted by atomic mass is 10.2. The summed E-state index contributed by atoms with van der Waals surface area (Å²) in [6.45, 7) is 2.75. The van der Waals surface area contributed by atoms with Crippen LogP contribution in [0.3, 0.4) is 0 Å². The summed E-state index contributed by atoms with van der Waals surface area (Å²) in [4.78, 5) is 2.56. The molecule has 18 heavy (non-hydrogen) atoms. The molecule has 4 heteroatoms. The standard InChI is InChI=1S/C14H18N2OS/c1-11-7-8-14(18-11)13(16-15)9-10-17-12-5-3-2-4-6-12/h2-8,13,16H,9-10,15H2,1H3. The number of para-hydroxylation sites is 1. The van der Waals surface area contributed by atoms with Gasteiger partial charge in [0, 0.05) is 16.2 Å². The Labute approximate surface area is 112 Å². The summed E-state index contributed by atoms with van der Waals surface area (Å²) in [6.07, 6.45) is 0.853. The number of aryl methyl sites for hydroxylation is 1. The van der Waals surface area contributed by atoms with E-state index in [-0.39, 0.29) is 6.04 Å². The lowest BCUT2D eigenvalue weighted by molar-refractivity contribution is 0.288. The topological polar surface area (TPSA) is 47.3 Å². The van der Waals surface area contributed by atoms with Crippen LogP contribution in [0.2, 0.25) is 0 Å². The molecule has 96 valence electrons. The molecular formula is C14H18N2OS. The molecule has 1 atom stereocenters. The van der Waals surface area contributed by atoms with Crippen LogP contribution in [-0.4, -0.2) is 6.61 Å². The molecule has 0 saturated carbocycles. The third kappa shape index (κ3) is 3.57. The van der Waals surface area contributed by atoms with E-state index in [1.165, 1.54) is 9.75 Å². The first-order chi connectivity index (χ1) is 8.79. The molecule has 0 bridgehead atoms. The molecule has 0 aliphatic carbocycles. The fraction of sp³-hybridized carbons (Fsp3) is 0.286. The van der Waals surface area contributed by atoms with Gasteiger partial charge < -0.3 is 4.74 Å². The van der Waals surface area contributed by atoms with Crippen molar-refractivity contribution in [2.45, 2.75) is 19.4 Å². The fourth-order valence-corrected chi connectivity index (χ4v) is 2.73. The normalized spacial score (nSPS) is 12.3. The zero-order valence-electron chi connectivity index (χ0n) is 10.4. The Morgan fingerprint density at radius 2 is 2.00 bits per heavy atom. The molecule has 0 saturated heterocycles. The van der Waals surface area contributed by atoms with Crippen LogP contribution in [0.4, 0.5) is 0 Å². The van der Waals surface area contributed by atoms with Gasteiger partial charge in [-0.2, -0.15) is 0 Å². The van der Waals surface area contributed by atoms with Gasteiger partial charge in [0.2, 0.25) is 0 Å². The monoisotopic (exact) mass is 262 g/mol. The molecule has 0 aliphatic heterocycles. The molecule has 2 aromatic rings. The molecule has 0 aliphatic rings. The number of rotatable bonds is 6. The second-order valence-electron chi connectivity index (χ2n) is 4.12. The highest BCUT2D eigenvalue weighted by Gasteiger charge is 2.11. The lowest BCUT2D eigenvalue weighted by Gasteiger charge is -2.14. The molecule has 3 nitrogen and oxygen atoms in total. The average Bonchev–Trinajstić information content (AvgIpc) is 2.82. The van der Waals surface area contributed by atoms with Gasteiger partial charge in [0.15, 0.2) is 0 Å². The summed E-state index contributed by atoms with van der Waals surface area (Å²) in [5.74, 6) is 6.49. The van der Waals surface area contributed by atoms with E-state index in [4.69, 9.17) is 10.6 Å². The predicted molar refractivity (Wildman–Crippen MR) is 75.7 cm³/mol. The van der Waals surface area contributed by atoms with E-state index >= 15 is 0 Å². The number of nitrogens with two attached hydrogens (primary N) is 1. The number of hydrogen-bond donors (Lipinski definition) is 2. The van der Waals surface area contributed by atoms with E-state index in [1.54, 1.807) is 11.3 Å². The van der Waals surface area contributed by atoms with Crippen molar-refractivity contribution in [3.05, 3.63) is 52.2 Å². The Bertz CT molecular complexity index is 470. The molecule has 3 N–H and O–H groups in total. The van der Waals surface area contributed by atoms with Crippen molar-refractivity contribution in [2.24, 2.45) is 5.84 Å². The van der Waals surface area contributed by atoms with E-state index in [9.17, 15) is 0 Å². The van der Waals surface area contributed by atoms with Gasteiger partial charge >= 0.3 is 0 Å². The van der Waals surface area contributed by atoms with Crippen molar-refractivity contribution in [1.29, 1.82) is 0 Å². The quantitative estimate of drug-likeness (QED) is 0.621. The zero-order valence-corrected chi connectivity index (χ0v) is 11.2. The number of nitrogens with one attached hydrogen (secondary N) is 1. The molecule has 1 unspecified atom stereocenters. The molecule has 0 amide bonds. The van der Waals surface area contributed by atoms with Crippen molar-refractivity contribution in [3.8, 4) is 5.75 Å². The Balaban J connectivity index is 1.85. The molecule has 1 heterocycles. The fourth-order valence-electron chi connectivity index (χ4n) is 1.76. The van der Waals surface area contributed by atoms with Crippen LogP contribution in [-0.2, 0) is 0 Å². The summed E-state index contributed by atoms with van der Waals surface area (Å²) in [5, 5.41) is 0. The van der Waals surface area contributed by atoms with E-state index < -0.39 is 0 Å². The first-order valence-corrected chi connectivity index (χ1v) is 6.81. The Morgan fingerprint density at radius 1 is 1.22 bits per heavy atom. The summed E-state index contributed by atoms with van der Waals surface area (Å²) >= 11 is 1.77. The maximum atomic E-state index is 5.68. The summed E-state index contributed by atoms with van der Waals surface area (Å²) in [6, 6.07) is 14.2. The number of ether oxygens (including phenoxy) is 1. The van der Waals surface area contributed by atoms with Crippen LogP contribution in [0.25, 0.3) is 0 Å². The molecule has 1 aromatic carbocycles. The van der Waals surface area contributed by atoms with Crippen molar-refractivity contribution >= 4 is 11.3 Å². The van der Waals surface area contributed by atoms with Crippen LogP contribution in [0.1, 0.15) is 22.2 Å². The predicted octanol–water partition coefficient (Wildman–Crippen LogP) is 3.03. The second kappa shape index (κ2) is 6.54. The maximum absolute atomic E-state index is 5.68. The van der Waals surface area contributed by atoms with Crippen molar-refractivity contribution < 1.29 is 4.74 Å². The van der Waals surface area contributed by atoms with Crippen molar-refractivity contribution in [3.63, 3.8) is 0 Å². The van der Waals surface area contributed by atoms with Gasteiger partial charge in [-0.25, -0.2) is 0 Å². The summed E-state index contributed by atoms with van der Waals surface area (Å²) < 4.78 is 5.68. The van der Waals surface area contributed by atoms with Gasteiger partial charge in [0.05, 0.1) is 12.6 Å². The first-order valence-electron chi connectivity index (χ1n) is 6.00. The maximum Gasteiger partial charge on any atom is 0.119 e. The largest absolute Gasteiger partial charge is 0.494 e. The van der Waals surface area contributed by atoms with Gasteiger partial charge in [-0.3, -0.25) is 11.3 Å². The highest BCUT2D eigenvalue weighted by molar-refractivity contribution is 7.12. The minimum atomic E-state index is 0.160. The van der Waals surface area contributed by atoms with Gasteiger partial charge in [-0.05, 0) is 31.2 Å². The SMILES string of the molecule is Cc1ccc(C(CCOc2ccccc2)NN)s1. The van der Waals surface area contributed by atoms with E-state index in [2.05, 4.69) is 24.5 Å². The lowest BCUT2D eigenvalue weighted by Crippen LogP contribution is -2.28. The minimum absolute atomic E-state index is 0.160. The molecule has 0 fully saturated rings. The molecule has 1 aromatic heterocycles. The number of thiophene rings is 1. The number of benzene rings is 1. The molecule has 2 rings (SSSR count). The second-order valence-corrected chi connectivity index (χ2v) is 5.44. The number of hydrogen-bond acceptors (Lipinski definition) is 4. The Kier molecular flexibility index (Phi) is 4.75. The van der Waals surface area contributed by atoms with Gasteiger partial charge in [-0.15, -0.1) is 11.3 Å². The molecular weight excluding hydrogens is 244 g/mol. The van der Waals surface area contributed by atoms with Crippen LogP contribution in [0.15, 0.2) is 42.5 Å². The summed E-state index contributed by atoms with van der Waals surface area (Å²) in [5.41, 5.74) is 2.85. The minimum Gasteiger partial charge on any atom is -0.494 e. The Morgan fingerprint density at radius 3 is 2.61 bits per heavy atom. The zero-order chi connectivity index (χ0) is 12.8. The first kappa shape index (κ1) is 13.1. The smallest absolute Gasteiger partial charge is 0.119 e. The van der Waals surface area contributed by atoms with Crippen LogP contribution in [0, 0.1) is 6.92 Å². The van der Waals surface area contributed by atoms with Crippen LogP contribution >= 0.6 is 11.3 Å². The summed E-state index contributed by atoms with van der Waals surface area (Å²) in [7, 11) is 0. The van der Waals surface area contributed by atoms with Gasteiger partial charge in [0.25, 0.3) is 0 Å². The average molecular weight is 262 g/mol. The van der Waals surface area contributed by atoms with E-state index in [0.717, 1.165) is 12.2 Å². The highest BCUT2D eigenvalue weighted by Crippen LogP contribution is 2.24. The highest BCUT2D eigenvalue weighted by atomic mass is 32.1. The molecule has 0 radical (unpaired) electrons. The van der Waals surface area contributed by atoms with Crippen molar-refractivity contribution in [1.82, 2.24) is 5.43 Å². The van der Waals surface area contributed by atoms with Gasteiger partial charge in [0.1, 0.15) is 5.75 Å². The number of hydrazine groups is 1. The van der Waals surface area contributed by atoms with E-state index in [0.29, 0.717) is 6.61 Å². The third-order valence-electron chi connectivity index (χ3n) is 2.72. The van der Waals surface area contributed by atoms with Crippen LogP contribution in [0.5, 0.6) is 5.75 Å². The third-order valence-corrected chi connectivity index (χ3v) is 3.84. The molecule has 0 spiro atoms. The van der Waals surface area contributed by atoms with Gasteiger partial charge in [-0.1, -0.05) is 18.2 Å².